The molecule has 2 aromatic carbocycles. The second-order valence-electron chi connectivity index (χ2n) is 5.76. The highest BCUT2D eigenvalue weighted by molar-refractivity contribution is 6.00. The highest BCUT2D eigenvalue weighted by Crippen LogP contribution is 2.41. The predicted octanol–water partition coefficient (Wildman–Crippen LogP) is 2.55. The molecule has 2 aromatic rings. The van der Waals surface area contributed by atoms with E-state index in [2.05, 4.69) is 57.8 Å². The fourth-order valence-corrected chi connectivity index (χ4v) is 3.29. The molecule has 2 aliphatic heterocycles. The molecule has 2 heterocycles. The molecule has 22 heavy (non-hydrogen) atoms. The van der Waals surface area contributed by atoms with E-state index in [9.17, 15) is 0 Å². The van der Waals surface area contributed by atoms with Gasteiger partial charge in [0.2, 0.25) is 0 Å². The summed E-state index contributed by atoms with van der Waals surface area (Å²) in [6.07, 6.45) is 1.96. The van der Waals surface area contributed by atoms with Gasteiger partial charge in [0.1, 0.15) is 0 Å². The summed E-state index contributed by atoms with van der Waals surface area (Å²) in [5.74, 6) is 0. The number of nitrogens with one attached hydrogen (secondary N) is 1. The fraction of sp³-hybridized carbons (Fsp3) is 0.278. The molecule has 0 aromatic heterocycles. The predicted molar refractivity (Wildman–Crippen MR) is 93.0 cm³/mol. The summed E-state index contributed by atoms with van der Waals surface area (Å²) in [7, 11) is 2.02. The molecule has 0 amide bonds. The van der Waals surface area contributed by atoms with Gasteiger partial charge in [0.15, 0.2) is 0 Å². The molecular weight excluding hydrogens is 272 g/mol. The summed E-state index contributed by atoms with van der Waals surface area (Å²) in [6, 6.07) is 15.0. The maximum atomic E-state index is 4.57. The average Bonchev–Trinajstić information content (AvgIpc) is 2.73. The Labute approximate surface area is 131 Å². The van der Waals surface area contributed by atoms with Crippen molar-refractivity contribution in [1.29, 1.82) is 0 Å². The number of hydrogen-bond acceptors (Lipinski definition) is 4. The zero-order valence-electron chi connectivity index (χ0n) is 12.8. The topological polar surface area (TPSA) is 30.9 Å². The quantitative estimate of drug-likeness (QED) is 0.876. The molecule has 0 unspecified atom stereocenters. The van der Waals surface area contributed by atoms with Crippen molar-refractivity contribution in [2.45, 2.75) is 0 Å². The molecule has 4 nitrogen and oxygen atoms in total. The second kappa shape index (κ2) is 5.46. The van der Waals surface area contributed by atoms with Crippen LogP contribution in [0.15, 0.2) is 47.6 Å². The first-order chi connectivity index (χ1) is 10.8. The van der Waals surface area contributed by atoms with E-state index in [0.29, 0.717) is 0 Å². The van der Waals surface area contributed by atoms with Crippen molar-refractivity contribution in [2.24, 2.45) is 5.10 Å². The Bertz CT molecular complexity index is 717. The van der Waals surface area contributed by atoms with Gasteiger partial charge in [-0.2, -0.15) is 5.10 Å². The van der Waals surface area contributed by atoms with Crippen molar-refractivity contribution in [1.82, 2.24) is 5.32 Å². The molecule has 112 valence electrons. The van der Waals surface area contributed by atoms with E-state index in [0.717, 1.165) is 31.9 Å². The maximum absolute atomic E-state index is 4.57. The molecule has 0 saturated carbocycles. The van der Waals surface area contributed by atoms with Gasteiger partial charge in [-0.3, -0.25) is 5.01 Å². The van der Waals surface area contributed by atoms with Gasteiger partial charge in [-0.05, 0) is 17.7 Å². The molecule has 2 aliphatic rings. The van der Waals surface area contributed by atoms with Crippen LogP contribution in [0, 0.1) is 0 Å². The van der Waals surface area contributed by atoms with Crippen LogP contribution in [-0.2, 0) is 0 Å². The Kier molecular flexibility index (Phi) is 3.31. The smallest absolute Gasteiger partial charge is 0.0690 e. The number of nitrogens with zero attached hydrogens (tertiary/aromatic N) is 3. The second-order valence-corrected chi connectivity index (χ2v) is 5.76. The van der Waals surface area contributed by atoms with E-state index in [4.69, 9.17) is 0 Å². The Morgan fingerprint density at radius 1 is 0.955 bits per heavy atom. The van der Waals surface area contributed by atoms with Crippen molar-refractivity contribution >= 4 is 17.6 Å². The minimum absolute atomic E-state index is 1.04. The lowest BCUT2D eigenvalue weighted by Gasteiger charge is -2.32. The van der Waals surface area contributed by atoms with Crippen LogP contribution < -0.4 is 15.2 Å². The lowest BCUT2D eigenvalue weighted by Crippen LogP contribution is -2.43. The minimum Gasteiger partial charge on any atom is -0.368 e. The van der Waals surface area contributed by atoms with E-state index in [-0.39, 0.29) is 0 Å². The highest BCUT2D eigenvalue weighted by Gasteiger charge is 2.22. The normalized spacial score (nSPS) is 17.0. The zero-order valence-corrected chi connectivity index (χ0v) is 12.8. The molecule has 4 heteroatoms. The molecule has 4 rings (SSSR count). The molecular formula is C18H20N4. The lowest BCUT2D eigenvalue weighted by atomic mass is 9.96. The first-order valence-electron chi connectivity index (χ1n) is 7.80. The Hall–Kier alpha value is -2.33. The van der Waals surface area contributed by atoms with Crippen LogP contribution in [0.5, 0.6) is 0 Å². The summed E-state index contributed by atoms with van der Waals surface area (Å²) in [5.41, 5.74) is 6.21. The summed E-state index contributed by atoms with van der Waals surface area (Å²) in [6.45, 7) is 4.17. The van der Waals surface area contributed by atoms with Crippen molar-refractivity contribution in [3.8, 4) is 11.1 Å². The number of anilines is 2. The third-order valence-electron chi connectivity index (χ3n) is 4.43. The Balaban J connectivity index is 1.94. The third kappa shape index (κ3) is 2.16. The van der Waals surface area contributed by atoms with Crippen molar-refractivity contribution in [3.63, 3.8) is 0 Å². The van der Waals surface area contributed by atoms with Crippen LogP contribution in [-0.4, -0.2) is 39.4 Å². The Morgan fingerprint density at radius 2 is 1.73 bits per heavy atom. The summed E-state index contributed by atoms with van der Waals surface area (Å²) < 4.78 is 0. The number of fused-ring (bicyclic) bond motifs is 3. The van der Waals surface area contributed by atoms with Crippen molar-refractivity contribution < 1.29 is 0 Å². The minimum atomic E-state index is 1.04. The molecule has 0 radical (unpaired) electrons. The number of hydrazone groups is 1. The lowest BCUT2D eigenvalue weighted by molar-refractivity contribution is 0.589. The molecule has 0 spiro atoms. The van der Waals surface area contributed by atoms with E-state index in [1.807, 2.05) is 18.3 Å². The SMILES string of the molecule is CN1N=Cc2ccccc2-c2c(N3CCNCC3)cccc21. The monoisotopic (exact) mass is 292 g/mol. The number of piperazine rings is 1. The third-order valence-corrected chi connectivity index (χ3v) is 4.43. The summed E-state index contributed by atoms with van der Waals surface area (Å²) >= 11 is 0. The van der Waals surface area contributed by atoms with Gasteiger partial charge in [-0.25, -0.2) is 0 Å². The van der Waals surface area contributed by atoms with Gasteiger partial charge in [0.05, 0.1) is 11.9 Å². The van der Waals surface area contributed by atoms with Crippen LogP contribution in [0.3, 0.4) is 0 Å². The van der Waals surface area contributed by atoms with Gasteiger partial charge < -0.3 is 10.2 Å². The van der Waals surface area contributed by atoms with Crippen molar-refractivity contribution in [3.05, 3.63) is 48.0 Å². The molecule has 0 bridgehead atoms. The van der Waals surface area contributed by atoms with Gasteiger partial charge in [-0.15, -0.1) is 0 Å². The van der Waals surface area contributed by atoms with E-state index >= 15 is 0 Å². The molecule has 0 atom stereocenters. The van der Waals surface area contributed by atoms with Gasteiger partial charge >= 0.3 is 0 Å². The summed E-state index contributed by atoms with van der Waals surface area (Å²) in [4.78, 5) is 2.48. The molecule has 0 aliphatic carbocycles. The standard InChI is InChI=1S/C18H20N4/c1-21-16-7-4-8-17(22-11-9-19-10-12-22)18(16)15-6-3-2-5-14(15)13-20-21/h2-8,13,19H,9-12H2,1H3. The molecule has 1 fully saturated rings. The van der Waals surface area contributed by atoms with Crippen LogP contribution in [0.1, 0.15) is 5.56 Å². The number of rotatable bonds is 1. The van der Waals surface area contributed by atoms with Crippen LogP contribution in [0.2, 0.25) is 0 Å². The first-order valence-corrected chi connectivity index (χ1v) is 7.80. The average molecular weight is 292 g/mol. The maximum Gasteiger partial charge on any atom is 0.0690 e. The first kappa shape index (κ1) is 13.3. The summed E-state index contributed by atoms with van der Waals surface area (Å²) in [5, 5.41) is 9.97. The van der Waals surface area contributed by atoms with E-state index in [1.54, 1.807) is 0 Å². The number of benzene rings is 2. The van der Waals surface area contributed by atoms with E-state index in [1.165, 1.54) is 22.4 Å². The van der Waals surface area contributed by atoms with Crippen LogP contribution in [0.4, 0.5) is 11.4 Å². The van der Waals surface area contributed by atoms with Gasteiger partial charge in [-0.1, -0.05) is 30.3 Å². The number of hydrogen-bond donors (Lipinski definition) is 1. The largest absolute Gasteiger partial charge is 0.368 e. The van der Waals surface area contributed by atoms with Crippen molar-refractivity contribution in [2.75, 3.05) is 43.1 Å². The Morgan fingerprint density at radius 3 is 2.59 bits per heavy atom. The van der Waals surface area contributed by atoms with Crippen LogP contribution in [0.25, 0.3) is 11.1 Å². The molecule has 1 N–H and O–H groups in total. The molecule has 1 saturated heterocycles. The van der Waals surface area contributed by atoms with Gasteiger partial charge in [0.25, 0.3) is 0 Å². The van der Waals surface area contributed by atoms with Gasteiger partial charge in [0, 0.05) is 50.0 Å². The fourth-order valence-electron chi connectivity index (χ4n) is 3.29. The zero-order chi connectivity index (χ0) is 14.9. The highest BCUT2D eigenvalue weighted by atomic mass is 15.4. The van der Waals surface area contributed by atoms with E-state index < -0.39 is 0 Å². The van der Waals surface area contributed by atoms with Crippen LogP contribution >= 0.6 is 0 Å².